The van der Waals surface area contributed by atoms with Crippen molar-refractivity contribution in [3.05, 3.63) is 85.9 Å². The maximum atomic E-state index is 13.9. The fourth-order valence-corrected chi connectivity index (χ4v) is 5.86. The summed E-state index contributed by atoms with van der Waals surface area (Å²) in [5.41, 5.74) is 1.46. The summed E-state index contributed by atoms with van der Waals surface area (Å²) in [5, 5.41) is 3.22. The van der Waals surface area contributed by atoms with Gasteiger partial charge in [-0.15, -0.1) is 0 Å². The second-order valence-corrected chi connectivity index (χ2v) is 11.1. The molecule has 42 heavy (non-hydrogen) atoms. The predicted molar refractivity (Wildman–Crippen MR) is 170 cm³/mol. The van der Waals surface area contributed by atoms with Gasteiger partial charge in [0, 0.05) is 110 Å². The van der Waals surface area contributed by atoms with Gasteiger partial charge in [0.15, 0.2) is 0 Å². The van der Waals surface area contributed by atoms with Gasteiger partial charge in [-0.25, -0.2) is 14.4 Å². The molecule has 9 nitrogen and oxygen atoms in total. The Bertz CT molecular complexity index is 2160. The highest BCUT2D eigenvalue weighted by Crippen LogP contribution is 2.41. The molecule has 7 aromatic rings. The largest absolute Gasteiger partial charge is 0.422 e. The van der Waals surface area contributed by atoms with Crippen LogP contribution in [0, 0.1) is 0 Å². The van der Waals surface area contributed by atoms with Crippen LogP contribution in [-0.2, 0) is 0 Å². The summed E-state index contributed by atoms with van der Waals surface area (Å²) < 4.78 is 17.6. The van der Waals surface area contributed by atoms with Crippen molar-refractivity contribution in [3.8, 4) is 0 Å². The van der Waals surface area contributed by atoms with Crippen molar-refractivity contribution >= 4 is 82.3 Å². The third kappa shape index (κ3) is 3.52. The topological polar surface area (TPSA) is 100 Å². The Morgan fingerprint density at radius 1 is 0.405 bits per heavy atom. The van der Waals surface area contributed by atoms with Crippen LogP contribution in [0.15, 0.2) is 82.2 Å². The Morgan fingerprint density at radius 2 is 0.667 bits per heavy atom. The predicted octanol–water partition coefficient (Wildman–Crippen LogP) is 5.66. The van der Waals surface area contributed by atoms with Crippen molar-refractivity contribution < 1.29 is 13.3 Å². The molecule has 0 N–H and O–H groups in total. The van der Waals surface area contributed by atoms with E-state index in [-0.39, 0.29) is 16.2 Å². The summed E-state index contributed by atoms with van der Waals surface area (Å²) in [6.07, 6.45) is 0. The van der Waals surface area contributed by atoms with Crippen molar-refractivity contribution in [2.45, 2.75) is 0 Å². The minimum Gasteiger partial charge on any atom is -0.422 e. The van der Waals surface area contributed by atoms with Gasteiger partial charge in [0.1, 0.15) is 16.7 Å². The molecule has 0 aliphatic carbocycles. The van der Waals surface area contributed by atoms with Gasteiger partial charge in [0.2, 0.25) is 0 Å². The van der Waals surface area contributed by atoms with Crippen molar-refractivity contribution in [3.63, 3.8) is 0 Å². The Hall–Kier alpha value is -5.31. The highest BCUT2D eigenvalue weighted by Gasteiger charge is 2.25. The van der Waals surface area contributed by atoms with Crippen LogP contribution in [0.25, 0.3) is 65.2 Å². The molecule has 9 heteroatoms. The Kier molecular flexibility index (Phi) is 5.40. The molecular formula is C33H27N3O6. The van der Waals surface area contributed by atoms with E-state index >= 15 is 0 Å². The zero-order chi connectivity index (χ0) is 29.6. The fourth-order valence-electron chi connectivity index (χ4n) is 5.86. The summed E-state index contributed by atoms with van der Waals surface area (Å²) >= 11 is 0. The lowest BCUT2D eigenvalue weighted by Crippen LogP contribution is -2.13. The van der Waals surface area contributed by atoms with Gasteiger partial charge in [-0.05, 0) is 36.4 Å². The molecule has 0 spiro atoms. The Morgan fingerprint density at radius 3 is 0.905 bits per heavy atom. The molecule has 210 valence electrons. The van der Waals surface area contributed by atoms with Crippen LogP contribution < -0.4 is 31.6 Å². The quantitative estimate of drug-likeness (QED) is 0.200. The first-order valence-corrected chi connectivity index (χ1v) is 13.4. The number of fused-ring (bicyclic) bond motifs is 12. The Labute approximate surface area is 238 Å². The van der Waals surface area contributed by atoms with Gasteiger partial charge < -0.3 is 28.0 Å². The molecule has 0 fully saturated rings. The first-order chi connectivity index (χ1) is 20.0. The number of benzene rings is 4. The molecule has 3 heterocycles. The molecule has 3 aromatic heterocycles. The van der Waals surface area contributed by atoms with Gasteiger partial charge >= 0.3 is 16.9 Å². The third-order valence-electron chi connectivity index (χ3n) is 7.97. The number of hydrogen-bond donors (Lipinski definition) is 0. The van der Waals surface area contributed by atoms with E-state index in [2.05, 4.69) is 0 Å². The summed E-state index contributed by atoms with van der Waals surface area (Å²) in [6, 6.07) is 16.5. The molecule has 0 bridgehead atoms. The van der Waals surface area contributed by atoms with E-state index in [4.69, 9.17) is 13.3 Å². The van der Waals surface area contributed by atoms with Crippen LogP contribution in [0.5, 0.6) is 0 Å². The molecule has 0 amide bonds. The molecule has 0 saturated heterocycles. The first kappa shape index (κ1) is 25.6. The van der Waals surface area contributed by atoms with Crippen molar-refractivity contribution in [1.82, 2.24) is 0 Å². The van der Waals surface area contributed by atoms with Crippen LogP contribution >= 0.6 is 0 Å². The summed E-state index contributed by atoms with van der Waals surface area (Å²) in [6.45, 7) is 0. The van der Waals surface area contributed by atoms with E-state index in [1.807, 2.05) is 93.4 Å². The molecular weight excluding hydrogens is 534 g/mol. The normalized spacial score (nSPS) is 11.9. The fraction of sp³-hybridized carbons (Fsp3) is 0.182. The molecule has 0 aliphatic heterocycles. The second kappa shape index (κ2) is 8.84. The maximum Gasteiger partial charge on any atom is 0.344 e. The summed E-state index contributed by atoms with van der Waals surface area (Å²) in [5.74, 6) is 0. The molecule has 0 atom stereocenters. The van der Waals surface area contributed by atoms with E-state index < -0.39 is 16.9 Å². The van der Waals surface area contributed by atoms with Crippen molar-refractivity contribution in [1.29, 1.82) is 0 Å². The zero-order valence-electron chi connectivity index (χ0n) is 24.0. The highest BCUT2D eigenvalue weighted by molar-refractivity contribution is 6.37. The monoisotopic (exact) mass is 561 g/mol. The number of anilines is 3. The lowest BCUT2D eigenvalue weighted by atomic mass is 9.91. The molecule has 0 aliphatic rings. The molecule has 0 unspecified atom stereocenters. The minimum absolute atomic E-state index is 0.134. The molecule has 7 rings (SSSR count). The SMILES string of the molecule is CN(C)c1ccc2c(c1)oc(=O)c1c2c2c(=O)oc3cc(N(C)C)ccc3c2c2c(=O)oc3cc(N(C)C)ccc3c12. The summed E-state index contributed by atoms with van der Waals surface area (Å²) in [4.78, 5) is 47.4. The van der Waals surface area contributed by atoms with Crippen LogP contribution in [-0.4, -0.2) is 42.3 Å². The Balaban J connectivity index is 1.86. The molecule has 0 radical (unpaired) electrons. The van der Waals surface area contributed by atoms with Crippen molar-refractivity contribution in [2.75, 3.05) is 57.0 Å². The number of rotatable bonds is 3. The summed E-state index contributed by atoms with van der Waals surface area (Å²) in [7, 11) is 11.3. The first-order valence-electron chi connectivity index (χ1n) is 13.4. The number of nitrogens with zero attached hydrogens (tertiary/aromatic N) is 3. The van der Waals surface area contributed by atoms with E-state index in [1.54, 1.807) is 18.2 Å². The van der Waals surface area contributed by atoms with E-state index in [0.29, 0.717) is 49.1 Å². The second-order valence-electron chi connectivity index (χ2n) is 11.1. The van der Waals surface area contributed by atoms with Crippen LogP contribution in [0.3, 0.4) is 0 Å². The van der Waals surface area contributed by atoms with Gasteiger partial charge in [-0.2, -0.15) is 0 Å². The van der Waals surface area contributed by atoms with Crippen molar-refractivity contribution in [2.24, 2.45) is 0 Å². The van der Waals surface area contributed by atoms with E-state index in [0.717, 1.165) is 17.1 Å². The average Bonchev–Trinajstić information content (AvgIpc) is 2.95. The smallest absolute Gasteiger partial charge is 0.344 e. The van der Waals surface area contributed by atoms with Crippen LogP contribution in [0.1, 0.15) is 0 Å². The van der Waals surface area contributed by atoms with Gasteiger partial charge in [-0.3, -0.25) is 0 Å². The van der Waals surface area contributed by atoms with E-state index in [9.17, 15) is 14.4 Å². The maximum absolute atomic E-state index is 13.9. The van der Waals surface area contributed by atoms with E-state index in [1.165, 1.54) is 0 Å². The van der Waals surface area contributed by atoms with Gasteiger partial charge in [0.05, 0.1) is 16.2 Å². The standard InChI is InChI=1S/C33H27N3O6/c1-34(2)16-7-10-19-22(13-16)40-31(37)28-25(19)29-27(21-12-9-18(36(5)6)15-24(21)41-32(29)38)30-26(28)20-11-8-17(35(3)4)14-23(20)42-33(30)39/h7-15H,1-6H3. The average molecular weight is 562 g/mol. The third-order valence-corrected chi connectivity index (χ3v) is 7.97. The molecule has 4 aromatic carbocycles. The zero-order valence-corrected chi connectivity index (χ0v) is 24.0. The lowest BCUT2D eigenvalue weighted by Gasteiger charge is -2.17. The van der Waals surface area contributed by atoms with Gasteiger partial charge in [0.25, 0.3) is 0 Å². The number of hydrogen-bond acceptors (Lipinski definition) is 9. The van der Waals surface area contributed by atoms with Crippen LogP contribution in [0.4, 0.5) is 17.1 Å². The molecule has 0 saturated carbocycles. The lowest BCUT2D eigenvalue weighted by molar-refractivity contribution is 0.566. The highest BCUT2D eigenvalue weighted by atomic mass is 16.4. The van der Waals surface area contributed by atoms with Crippen LogP contribution in [0.2, 0.25) is 0 Å². The van der Waals surface area contributed by atoms with Gasteiger partial charge in [-0.1, -0.05) is 0 Å². The minimum atomic E-state index is -0.661.